The van der Waals surface area contributed by atoms with Gasteiger partial charge in [0.2, 0.25) is 0 Å². The number of furan rings is 1. The molecule has 0 saturated heterocycles. The molecular weight excluding hydrogens is 188 g/mol. The molecule has 1 aromatic heterocycles. The maximum Gasteiger partial charge on any atom is 0.139 e. The lowest BCUT2D eigenvalue weighted by Crippen LogP contribution is -1.80. The van der Waals surface area contributed by atoms with Gasteiger partial charge in [0, 0.05) is 16.8 Å². The molecule has 0 fully saturated rings. The van der Waals surface area contributed by atoms with Crippen molar-refractivity contribution in [2.24, 2.45) is 0 Å². The summed E-state index contributed by atoms with van der Waals surface area (Å²) in [5.41, 5.74) is 1.70. The Bertz CT molecular complexity index is 623. The Morgan fingerprint density at radius 2 is 2.07 bits per heavy atom. The second kappa shape index (κ2) is 3.02. The van der Waals surface area contributed by atoms with E-state index in [1.807, 2.05) is 36.4 Å². The highest BCUT2D eigenvalue weighted by atomic mass is 16.5. The molecule has 1 radical (unpaired) electrons. The lowest BCUT2D eigenvalue weighted by molar-refractivity contribution is 0.414. The maximum absolute atomic E-state index is 5.68. The number of ether oxygens (including phenoxy) is 1. The van der Waals surface area contributed by atoms with Crippen LogP contribution >= 0.6 is 0 Å². The van der Waals surface area contributed by atoms with Crippen LogP contribution in [-0.2, 0) is 0 Å². The summed E-state index contributed by atoms with van der Waals surface area (Å²) < 4.78 is 10.8. The van der Waals surface area contributed by atoms with Crippen molar-refractivity contribution in [3.05, 3.63) is 42.5 Å². The van der Waals surface area contributed by atoms with E-state index >= 15 is 0 Å². The molecule has 0 aliphatic rings. The molecule has 0 aliphatic carbocycles. The van der Waals surface area contributed by atoms with E-state index in [2.05, 4.69) is 6.07 Å². The SMILES string of the molecule is COc1c[c]c2c(c1)oc1ccccc12. The van der Waals surface area contributed by atoms with Gasteiger partial charge in [-0.25, -0.2) is 0 Å². The lowest BCUT2D eigenvalue weighted by Gasteiger charge is -1.96. The zero-order valence-corrected chi connectivity index (χ0v) is 8.28. The first-order valence-corrected chi connectivity index (χ1v) is 4.75. The number of methoxy groups -OCH3 is 1. The number of rotatable bonds is 1. The van der Waals surface area contributed by atoms with Crippen molar-refractivity contribution in [3.63, 3.8) is 0 Å². The number of para-hydroxylation sites is 1. The third kappa shape index (κ3) is 1.18. The van der Waals surface area contributed by atoms with Crippen LogP contribution in [0.1, 0.15) is 0 Å². The molecule has 2 heteroatoms. The van der Waals surface area contributed by atoms with Crippen LogP contribution in [0.4, 0.5) is 0 Å². The molecule has 0 unspecified atom stereocenters. The van der Waals surface area contributed by atoms with E-state index in [0.717, 1.165) is 27.7 Å². The largest absolute Gasteiger partial charge is 0.497 e. The number of fused-ring (bicyclic) bond motifs is 3. The molecule has 0 amide bonds. The van der Waals surface area contributed by atoms with E-state index < -0.39 is 0 Å². The van der Waals surface area contributed by atoms with Gasteiger partial charge in [-0.3, -0.25) is 0 Å². The van der Waals surface area contributed by atoms with Crippen LogP contribution in [0, 0.1) is 6.07 Å². The minimum atomic E-state index is 0.765. The first-order valence-electron chi connectivity index (χ1n) is 4.75. The highest BCUT2D eigenvalue weighted by Gasteiger charge is 2.06. The Morgan fingerprint density at radius 3 is 2.93 bits per heavy atom. The van der Waals surface area contributed by atoms with Crippen molar-refractivity contribution in [2.45, 2.75) is 0 Å². The summed E-state index contributed by atoms with van der Waals surface area (Å²) in [6.07, 6.45) is 0. The lowest BCUT2D eigenvalue weighted by atomic mass is 10.1. The van der Waals surface area contributed by atoms with Crippen molar-refractivity contribution >= 4 is 21.9 Å². The molecule has 3 aromatic rings. The minimum absolute atomic E-state index is 0.765. The second-order valence-electron chi connectivity index (χ2n) is 3.38. The Balaban J connectivity index is 2.43. The first-order chi connectivity index (χ1) is 7.38. The third-order valence-electron chi connectivity index (χ3n) is 2.49. The highest BCUT2D eigenvalue weighted by molar-refractivity contribution is 6.04. The van der Waals surface area contributed by atoms with Gasteiger partial charge >= 0.3 is 0 Å². The topological polar surface area (TPSA) is 22.4 Å². The van der Waals surface area contributed by atoms with E-state index in [0.29, 0.717) is 0 Å². The number of hydrogen-bond donors (Lipinski definition) is 0. The number of benzene rings is 2. The van der Waals surface area contributed by atoms with Crippen LogP contribution in [0.2, 0.25) is 0 Å². The molecule has 0 bridgehead atoms. The van der Waals surface area contributed by atoms with E-state index in [4.69, 9.17) is 9.15 Å². The summed E-state index contributed by atoms with van der Waals surface area (Å²) in [5.74, 6) is 0.765. The summed E-state index contributed by atoms with van der Waals surface area (Å²) in [7, 11) is 1.64. The van der Waals surface area contributed by atoms with Gasteiger partial charge in [0.15, 0.2) is 0 Å². The fraction of sp³-hybridized carbons (Fsp3) is 0.0769. The molecule has 0 aliphatic heterocycles. The zero-order chi connectivity index (χ0) is 10.3. The average molecular weight is 197 g/mol. The van der Waals surface area contributed by atoms with Crippen LogP contribution in [-0.4, -0.2) is 7.11 Å². The van der Waals surface area contributed by atoms with Crippen LogP contribution in [0.3, 0.4) is 0 Å². The molecule has 0 saturated carbocycles. The van der Waals surface area contributed by atoms with Crippen LogP contribution in [0.25, 0.3) is 21.9 Å². The molecule has 0 spiro atoms. The van der Waals surface area contributed by atoms with Gasteiger partial charge < -0.3 is 9.15 Å². The third-order valence-corrected chi connectivity index (χ3v) is 2.49. The van der Waals surface area contributed by atoms with Crippen molar-refractivity contribution < 1.29 is 9.15 Å². The molecule has 0 atom stereocenters. The van der Waals surface area contributed by atoms with Gasteiger partial charge in [-0.15, -0.1) is 0 Å². The molecule has 73 valence electrons. The summed E-state index contributed by atoms with van der Waals surface area (Å²) >= 11 is 0. The standard InChI is InChI=1S/C13H9O2/c1-14-9-6-7-11-10-4-2-3-5-12(10)15-13(11)8-9/h2-6,8H,1H3. The second-order valence-corrected chi connectivity index (χ2v) is 3.38. The van der Waals surface area contributed by atoms with E-state index in [-0.39, 0.29) is 0 Å². The predicted octanol–water partition coefficient (Wildman–Crippen LogP) is 3.39. The average Bonchev–Trinajstić information content (AvgIpc) is 2.66. The molecule has 0 N–H and O–H groups in total. The Kier molecular flexibility index (Phi) is 1.68. The molecule has 2 nitrogen and oxygen atoms in total. The Hall–Kier alpha value is -1.96. The van der Waals surface area contributed by atoms with E-state index in [9.17, 15) is 0 Å². The summed E-state index contributed by atoms with van der Waals surface area (Å²) in [6, 6.07) is 14.8. The summed E-state index contributed by atoms with van der Waals surface area (Å²) in [5, 5.41) is 2.10. The molecule has 15 heavy (non-hydrogen) atoms. The van der Waals surface area contributed by atoms with Gasteiger partial charge in [0.05, 0.1) is 7.11 Å². The number of hydrogen-bond acceptors (Lipinski definition) is 2. The Labute approximate surface area is 87.1 Å². The van der Waals surface area contributed by atoms with Gasteiger partial charge in [0.1, 0.15) is 16.9 Å². The summed E-state index contributed by atoms with van der Waals surface area (Å²) in [6.45, 7) is 0. The molecule has 1 heterocycles. The van der Waals surface area contributed by atoms with Crippen molar-refractivity contribution in [2.75, 3.05) is 7.11 Å². The van der Waals surface area contributed by atoms with Gasteiger partial charge in [-0.05, 0) is 18.2 Å². The monoisotopic (exact) mass is 197 g/mol. The Morgan fingerprint density at radius 1 is 1.20 bits per heavy atom. The molecular formula is C13H9O2. The predicted molar refractivity (Wildman–Crippen MR) is 59.1 cm³/mol. The minimum Gasteiger partial charge on any atom is -0.497 e. The van der Waals surface area contributed by atoms with Crippen molar-refractivity contribution in [1.29, 1.82) is 0 Å². The first kappa shape index (κ1) is 8.36. The maximum atomic E-state index is 5.68. The fourth-order valence-electron chi connectivity index (χ4n) is 1.75. The molecule has 2 aromatic carbocycles. The van der Waals surface area contributed by atoms with Crippen LogP contribution in [0.5, 0.6) is 5.75 Å². The fourth-order valence-corrected chi connectivity index (χ4v) is 1.75. The molecule has 3 rings (SSSR count). The quantitative estimate of drug-likeness (QED) is 0.596. The zero-order valence-electron chi connectivity index (χ0n) is 8.28. The van der Waals surface area contributed by atoms with Crippen molar-refractivity contribution in [1.82, 2.24) is 0 Å². The highest BCUT2D eigenvalue weighted by Crippen LogP contribution is 2.30. The normalized spacial score (nSPS) is 11.0. The smallest absolute Gasteiger partial charge is 0.139 e. The van der Waals surface area contributed by atoms with E-state index in [1.165, 1.54) is 0 Å². The van der Waals surface area contributed by atoms with Crippen molar-refractivity contribution in [3.8, 4) is 5.75 Å². The van der Waals surface area contributed by atoms with Gasteiger partial charge in [-0.1, -0.05) is 18.2 Å². The van der Waals surface area contributed by atoms with Gasteiger partial charge in [0.25, 0.3) is 0 Å². The van der Waals surface area contributed by atoms with Crippen LogP contribution < -0.4 is 4.74 Å². The summed E-state index contributed by atoms with van der Waals surface area (Å²) in [4.78, 5) is 0. The van der Waals surface area contributed by atoms with Gasteiger partial charge in [-0.2, -0.15) is 0 Å². The van der Waals surface area contributed by atoms with Crippen LogP contribution in [0.15, 0.2) is 40.8 Å². The van der Waals surface area contributed by atoms with E-state index in [1.54, 1.807) is 7.11 Å².